The summed E-state index contributed by atoms with van der Waals surface area (Å²) in [6.45, 7) is 9.38. The maximum Gasteiger partial charge on any atom is 0.410 e. The number of rotatable bonds is 3. The Bertz CT molecular complexity index is 529. The predicted octanol–water partition coefficient (Wildman–Crippen LogP) is 4.61. The summed E-state index contributed by atoms with van der Waals surface area (Å²) < 4.78 is 5.45. The van der Waals surface area contributed by atoms with Gasteiger partial charge in [-0.1, -0.05) is 0 Å². The Morgan fingerprint density at radius 3 is 2.26 bits per heavy atom. The van der Waals surface area contributed by atoms with E-state index in [1.54, 1.807) is 11.8 Å². The molecule has 0 atom stereocenters. The van der Waals surface area contributed by atoms with Crippen molar-refractivity contribution in [3.05, 3.63) is 24.3 Å². The van der Waals surface area contributed by atoms with Crippen LogP contribution in [0.4, 0.5) is 10.5 Å². The topological polar surface area (TPSA) is 41.6 Å². The number of likely N-dealkylation sites (tertiary alicyclic amines) is 1. The molecule has 0 bridgehead atoms. The standard InChI is InChI=1S/C18H28N2O2S/c1-17(2,3)22-16(21)20-12-10-18(4,11-13-20)19-14-6-8-15(23-5)9-7-14/h6-9,19H,10-13H2,1-5H3. The zero-order chi connectivity index (χ0) is 17.1. The van der Waals surface area contributed by atoms with E-state index in [2.05, 4.69) is 42.8 Å². The number of piperidine rings is 1. The van der Waals surface area contributed by atoms with Gasteiger partial charge in [-0.25, -0.2) is 4.79 Å². The summed E-state index contributed by atoms with van der Waals surface area (Å²) in [5.74, 6) is 0. The maximum absolute atomic E-state index is 12.1. The van der Waals surface area contributed by atoms with Crippen molar-refractivity contribution in [3.63, 3.8) is 0 Å². The molecule has 0 unspecified atom stereocenters. The molecular weight excluding hydrogens is 308 g/mol. The molecule has 1 N–H and O–H groups in total. The van der Waals surface area contributed by atoms with E-state index in [4.69, 9.17) is 4.74 Å². The third kappa shape index (κ3) is 5.34. The molecule has 1 saturated heterocycles. The second-order valence-electron chi connectivity index (χ2n) is 7.38. The van der Waals surface area contributed by atoms with Crippen LogP contribution < -0.4 is 5.32 Å². The highest BCUT2D eigenvalue weighted by molar-refractivity contribution is 7.98. The number of amides is 1. The third-order valence-electron chi connectivity index (χ3n) is 4.05. The Labute approximate surface area is 144 Å². The molecule has 1 aliphatic heterocycles. The number of nitrogens with zero attached hydrogens (tertiary/aromatic N) is 1. The van der Waals surface area contributed by atoms with Crippen LogP contribution in [0.15, 0.2) is 29.2 Å². The van der Waals surface area contributed by atoms with Crippen molar-refractivity contribution in [2.24, 2.45) is 0 Å². The zero-order valence-electron chi connectivity index (χ0n) is 14.8. The molecule has 1 aromatic carbocycles. The number of anilines is 1. The quantitative estimate of drug-likeness (QED) is 0.819. The molecule has 5 heteroatoms. The number of ether oxygens (including phenoxy) is 1. The molecule has 1 amide bonds. The molecule has 1 fully saturated rings. The fourth-order valence-electron chi connectivity index (χ4n) is 2.66. The minimum Gasteiger partial charge on any atom is -0.444 e. The van der Waals surface area contributed by atoms with Crippen LogP contribution in [0.3, 0.4) is 0 Å². The molecule has 1 aromatic rings. The number of carbonyl (C=O) groups excluding carboxylic acids is 1. The summed E-state index contributed by atoms with van der Waals surface area (Å²) >= 11 is 1.74. The van der Waals surface area contributed by atoms with E-state index in [-0.39, 0.29) is 11.6 Å². The van der Waals surface area contributed by atoms with Crippen molar-refractivity contribution in [2.45, 2.75) is 56.6 Å². The van der Waals surface area contributed by atoms with Gasteiger partial charge in [-0.05, 0) is 71.1 Å². The lowest BCUT2D eigenvalue weighted by Gasteiger charge is -2.40. The number of thioether (sulfide) groups is 1. The van der Waals surface area contributed by atoms with Crippen molar-refractivity contribution in [3.8, 4) is 0 Å². The molecule has 4 nitrogen and oxygen atoms in total. The number of hydrogen-bond acceptors (Lipinski definition) is 4. The van der Waals surface area contributed by atoms with Crippen LogP contribution in [0, 0.1) is 0 Å². The van der Waals surface area contributed by atoms with Gasteiger partial charge in [0.1, 0.15) is 5.60 Å². The van der Waals surface area contributed by atoms with E-state index in [9.17, 15) is 4.79 Å². The lowest BCUT2D eigenvalue weighted by molar-refractivity contribution is 0.0184. The first-order valence-electron chi connectivity index (χ1n) is 8.11. The normalized spacial score (nSPS) is 17.7. The molecule has 0 aromatic heterocycles. The molecule has 0 radical (unpaired) electrons. The molecular formula is C18H28N2O2S. The summed E-state index contributed by atoms with van der Waals surface area (Å²) in [7, 11) is 0. The van der Waals surface area contributed by atoms with Crippen LogP contribution in [0.2, 0.25) is 0 Å². The Balaban J connectivity index is 1.90. The van der Waals surface area contributed by atoms with Crippen molar-refractivity contribution in [1.29, 1.82) is 0 Å². The molecule has 1 heterocycles. The van der Waals surface area contributed by atoms with Gasteiger partial charge in [-0.15, -0.1) is 11.8 Å². The van der Waals surface area contributed by atoms with Crippen LogP contribution in [0.5, 0.6) is 0 Å². The summed E-state index contributed by atoms with van der Waals surface area (Å²) in [6, 6.07) is 8.51. The van der Waals surface area contributed by atoms with Crippen LogP contribution in [0.25, 0.3) is 0 Å². The van der Waals surface area contributed by atoms with Crippen molar-refractivity contribution in [2.75, 3.05) is 24.7 Å². The van der Waals surface area contributed by atoms with E-state index in [0.29, 0.717) is 0 Å². The fraction of sp³-hybridized carbons (Fsp3) is 0.611. The number of hydrogen-bond donors (Lipinski definition) is 1. The summed E-state index contributed by atoms with van der Waals surface area (Å²) in [5, 5.41) is 3.63. The lowest BCUT2D eigenvalue weighted by Crippen LogP contribution is -2.50. The number of carbonyl (C=O) groups is 1. The Morgan fingerprint density at radius 2 is 1.78 bits per heavy atom. The highest BCUT2D eigenvalue weighted by atomic mass is 32.2. The lowest BCUT2D eigenvalue weighted by atomic mass is 9.89. The SMILES string of the molecule is CSc1ccc(NC2(C)CCN(C(=O)OC(C)(C)C)CC2)cc1. The minimum absolute atomic E-state index is 0.0133. The second-order valence-corrected chi connectivity index (χ2v) is 8.26. The average molecular weight is 337 g/mol. The van der Waals surface area contributed by atoms with Crippen LogP contribution >= 0.6 is 11.8 Å². The van der Waals surface area contributed by atoms with E-state index in [0.717, 1.165) is 31.6 Å². The van der Waals surface area contributed by atoms with Crippen LogP contribution in [-0.4, -0.2) is 41.5 Å². The molecule has 1 aliphatic rings. The smallest absolute Gasteiger partial charge is 0.410 e. The second kappa shape index (κ2) is 7.04. The van der Waals surface area contributed by atoms with Crippen molar-refractivity contribution >= 4 is 23.5 Å². The number of nitrogens with one attached hydrogen (secondary N) is 1. The molecule has 0 aliphatic carbocycles. The number of benzene rings is 1. The van der Waals surface area contributed by atoms with Gasteiger partial charge in [0, 0.05) is 29.2 Å². The first-order chi connectivity index (χ1) is 10.7. The van der Waals surface area contributed by atoms with Gasteiger partial charge in [-0.3, -0.25) is 0 Å². The van der Waals surface area contributed by atoms with Gasteiger partial charge in [0.2, 0.25) is 0 Å². The zero-order valence-corrected chi connectivity index (χ0v) is 15.6. The summed E-state index contributed by atoms with van der Waals surface area (Å²) in [5.41, 5.74) is 0.713. The van der Waals surface area contributed by atoms with Gasteiger partial charge in [0.15, 0.2) is 0 Å². The largest absolute Gasteiger partial charge is 0.444 e. The first kappa shape index (κ1) is 18.0. The Morgan fingerprint density at radius 1 is 1.22 bits per heavy atom. The van der Waals surface area contributed by atoms with Gasteiger partial charge < -0.3 is 15.0 Å². The van der Waals surface area contributed by atoms with E-state index in [1.807, 2.05) is 25.7 Å². The molecule has 128 valence electrons. The highest BCUT2D eigenvalue weighted by Crippen LogP contribution is 2.28. The summed E-state index contributed by atoms with van der Waals surface area (Å²) in [4.78, 5) is 15.2. The van der Waals surface area contributed by atoms with E-state index < -0.39 is 5.60 Å². The Hall–Kier alpha value is -1.36. The van der Waals surface area contributed by atoms with Crippen molar-refractivity contribution < 1.29 is 9.53 Å². The monoisotopic (exact) mass is 336 g/mol. The van der Waals surface area contributed by atoms with Crippen molar-refractivity contribution in [1.82, 2.24) is 4.90 Å². The fourth-order valence-corrected chi connectivity index (χ4v) is 3.07. The van der Waals surface area contributed by atoms with Gasteiger partial charge in [-0.2, -0.15) is 0 Å². The van der Waals surface area contributed by atoms with E-state index in [1.165, 1.54) is 4.90 Å². The average Bonchev–Trinajstić information content (AvgIpc) is 2.46. The minimum atomic E-state index is -0.435. The molecule has 23 heavy (non-hydrogen) atoms. The summed E-state index contributed by atoms with van der Waals surface area (Å²) in [6.07, 6.45) is 3.70. The molecule has 2 rings (SSSR count). The highest BCUT2D eigenvalue weighted by Gasteiger charge is 2.33. The third-order valence-corrected chi connectivity index (χ3v) is 4.80. The van der Waals surface area contributed by atoms with Gasteiger partial charge >= 0.3 is 6.09 Å². The van der Waals surface area contributed by atoms with Crippen LogP contribution in [-0.2, 0) is 4.74 Å². The molecule has 0 saturated carbocycles. The van der Waals surface area contributed by atoms with Gasteiger partial charge in [0.05, 0.1) is 0 Å². The van der Waals surface area contributed by atoms with Crippen LogP contribution in [0.1, 0.15) is 40.5 Å². The predicted molar refractivity (Wildman–Crippen MR) is 97.3 cm³/mol. The maximum atomic E-state index is 12.1. The van der Waals surface area contributed by atoms with Gasteiger partial charge in [0.25, 0.3) is 0 Å². The molecule has 0 spiro atoms. The van der Waals surface area contributed by atoms with E-state index >= 15 is 0 Å². The first-order valence-corrected chi connectivity index (χ1v) is 9.33. The Kier molecular flexibility index (Phi) is 5.50.